The number of sulfonamides is 1. The number of ether oxygens (including phenoxy) is 2. The fourth-order valence-corrected chi connectivity index (χ4v) is 4.46. The van der Waals surface area contributed by atoms with Crippen molar-refractivity contribution in [2.45, 2.75) is 16.8 Å². The molecule has 13 nitrogen and oxygen atoms in total. The number of anilines is 1. The Morgan fingerprint density at radius 1 is 1.10 bits per heavy atom. The second-order valence-corrected chi connectivity index (χ2v) is 8.18. The predicted octanol–water partition coefficient (Wildman–Crippen LogP) is 0.124. The molecule has 0 aromatic carbocycles. The maximum absolute atomic E-state index is 12.5. The maximum Gasteiger partial charge on any atom is 0.335 e. The number of pyridine rings is 1. The van der Waals surface area contributed by atoms with Gasteiger partial charge in [-0.15, -0.1) is 0 Å². The van der Waals surface area contributed by atoms with E-state index in [9.17, 15) is 21.6 Å². The van der Waals surface area contributed by atoms with Gasteiger partial charge >= 0.3 is 6.03 Å². The number of methoxy groups -OCH3 is 2. The van der Waals surface area contributed by atoms with Gasteiger partial charge in [-0.25, -0.2) is 14.5 Å². The number of hydrogen-bond acceptors (Lipinski definition) is 11. The molecule has 0 bridgehead atoms. The predicted molar refractivity (Wildman–Crippen MR) is 97.5 cm³/mol. The summed E-state index contributed by atoms with van der Waals surface area (Å²) >= 11 is 0. The van der Waals surface area contributed by atoms with Crippen LogP contribution < -0.4 is 19.5 Å². The van der Waals surface area contributed by atoms with Crippen molar-refractivity contribution in [1.82, 2.24) is 19.7 Å². The second kappa shape index (κ2) is 8.97. The van der Waals surface area contributed by atoms with Crippen LogP contribution in [-0.4, -0.2) is 58.6 Å². The zero-order chi connectivity index (χ0) is 21.7. The molecule has 0 fully saturated rings. The van der Waals surface area contributed by atoms with Crippen LogP contribution in [0, 0.1) is 0 Å². The standard InChI is InChI=1S/C14H17N5O8S2/c1-4-27-29(23,24)9-6-5-7-15-12(9)28(21,22)19-14(20)18-13-16-10(25-2)8-11(17-13)26-3/h5-8H,4H2,1-3H3,(H2,16,17,18,19,20). The van der Waals surface area contributed by atoms with E-state index in [4.69, 9.17) is 9.47 Å². The highest BCUT2D eigenvalue weighted by Gasteiger charge is 2.30. The number of carbonyl (C=O) groups excluding carboxylic acids is 1. The molecule has 158 valence electrons. The van der Waals surface area contributed by atoms with Crippen molar-refractivity contribution in [3.63, 3.8) is 0 Å². The van der Waals surface area contributed by atoms with Crippen molar-refractivity contribution in [3.05, 3.63) is 24.4 Å². The Kier molecular flexibility index (Phi) is 6.89. The van der Waals surface area contributed by atoms with E-state index in [-0.39, 0.29) is 24.3 Å². The van der Waals surface area contributed by atoms with Crippen molar-refractivity contribution >= 4 is 32.1 Å². The van der Waals surface area contributed by atoms with Gasteiger partial charge < -0.3 is 9.47 Å². The molecular formula is C14H17N5O8S2. The average Bonchev–Trinajstić information content (AvgIpc) is 2.67. The van der Waals surface area contributed by atoms with Crippen LogP contribution >= 0.6 is 0 Å². The lowest BCUT2D eigenvalue weighted by Crippen LogP contribution is -2.36. The third-order valence-electron chi connectivity index (χ3n) is 3.08. The Hall–Kier alpha value is -3.04. The first-order valence-corrected chi connectivity index (χ1v) is 10.7. The molecule has 0 radical (unpaired) electrons. The van der Waals surface area contributed by atoms with Crippen LogP contribution in [-0.2, 0) is 24.3 Å². The molecule has 0 aliphatic carbocycles. The lowest BCUT2D eigenvalue weighted by Gasteiger charge is -2.11. The number of urea groups is 1. The van der Waals surface area contributed by atoms with Crippen LogP contribution in [0.4, 0.5) is 10.7 Å². The summed E-state index contributed by atoms with van der Waals surface area (Å²) in [5.74, 6) is -0.230. The smallest absolute Gasteiger partial charge is 0.335 e. The van der Waals surface area contributed by atoms with E-state index in [1.165, 1.54) is 33.3 Å². The van der Waals surface area contributed by atoms with Crippen LogP contribution in [0.1, 0.15) is 6.92 Å². The summed E-state index contributed by atoms with van der Waals surface area (Å²) in [5, 5.41) is 1.17. The van der Waals surface area contributed by atoms with Crippen molar-refractivity contribution < 1.29 is 35.3 Å². The van der Waals surface area contributed by atoms with Crippen molar-refractivity contribution in [2.75, 3.05) is 26.1 Å². The third kappa shape index (κ3) is 5.49. The topological polar surface area (TPSA) is 176 Å². The van der Waals surface area contributed by atoms with Gasteiger partial charge in [0.25, 0.3) is 20.1 Å². The van der Waals surface area contributed by atoms with E-state index in [0.29, 0.717) is 0 Å². The van der Waals surface area contributed by atoms with Gasteiger partial charge in [0.1, 0.15) is 4.90 Å². The second-order valence-electron chi connectivity index (χ2n) is 5.00. The highest BCUT2D eigenvalue weighted by atomic mass is 32.2. The van der Waals surface area contributed by atoms with Crippen LogP contribution in [0.2, 0.25) is 0 Å². The Morgan fingerprint density at radius 3 is 2.28 bits per heavy atom. The number of amides is 2. The van der Waals surface area contributed by atoms with Crippen molar-refractivity contribution in [1.29, 1.82) is 0 Å². The Bertz CT molecular complexity index is 1080. The molecule has 0 saturated carbocycles. The van der Waals surface area contributed by atoms with E-state index in [1.54, 1.807) is 4.72 Å². The van der Waals surface area contributed by atoms with E-state index in [2.05, 4.69) is 24.5 Å². The molecule has 29 heavy (non-hydrogen) atoms. The maximum atomic E-state index is 12.5. The quantitative estimate of drug-likeness (QED) is 0.526. The van der Waals surface area contributed by atoms with Gasteiger partial charge in [0.2, 0.25) is 17.7 Å². The first-order valence-electron chi connectivity index (χ1n) is 7.78. The highest BCUT2D eigenvalue weighted by Crippen LogP contribution is 2.21. The molecule has 2 rings (SSSR count). The lowest BCUT2D eigenvalue weighted by atomic mass is 10.5. The molecule has 2 aromatic rings. The van der Waals surface area contributed by atoms with Gasteiger partial charge in [-0.1, -0.05) is 0 Å². The fourth-order valence-electron chi connectivity index (χ4n) is 1.95. The minimum atomic E-state index is -4.69. The highest BCUT2D eigenvalue weighted by molar-refractivity contribution is 7.91. The molecular weight excluding hydrogens is 430 g/mol. The van der Waals surface area contributed by atoms with E-state index < -0.39 is 36.1 Å². The summed E-state index contributed by atoms with van der Waals surface area (Å²) in [4.78, 5) is 22.6. The summed E-state index contributed by atoms with van der Waals surface area (Å²) < 4.78 is 65.3. The minimum Gasteiger partial charge on any atom is -0.481 e. The van der Waals surface area contributed by atoms with E-state index >= 15 is 0 Å². The monoisotopic (exact) mass is 447 g/mol. The van der Waals surface area contributed by atoms with Crippen LogP contribution in [0.3, 0.4) is 0 Å². The largest absolute Gasteiger partial charge is 0.481 e. The molecule has 2 aromatic heterocycles. The van der Waals surface area contributed by atoms with Gasteiger partial charge in [0.15, 0.2) is 5.03 Å². The zero-order valence-corrected chi connectivity index (χ0v) is 17.1. The molecule has 0 atom stereocenters. The van der Waals surface area contributed by atoms with E-state index in [0.717, 1.165) is 12.3 Å². The van der Waals surface area contributed by atoms with E-state index in [1.807, 2.05) is 0 Å². The molecule has 15 heteroatoms. The van der Waals surface area contributed by atoms with Gasteiger partial charge in [-0.05, 0) is 19.1 Å². The summed E-state index contributed by atoms with van der Waals surface area (Å²) in [7, 11) is -6.47. The van der Waals surface area contributed by atoms with Gasteiger partial charge in [0.05, 0.1) is 26.9 Å². The lowest BCUT2D eigenvalue weighted by molar-refractivity contribution is 0.256. The SMILES string of the molecule is CCOS(=O)(=O)c1cccnc1S(=O)(=O)NC(=O)Nc1nc(OC)cc(OC)n1. The molecule has 0 aliphatic rings. The summed E-state index contributed by atoms with van der Waals surface area (Å²) in [6.45, 7) is 1.19. The van der Waals surface area contributed by atoms with Gasteiger partial charge in [0, 0.05) is 6.20 Å². The number of hydrogen-bond donors (Lipinski definition) is 2. The molecule has 0 aliphatic heterocycles. The summed E-state index contributed by atoms with van der Waals surface area (Å²) in [5.41, 5.74) is 0. The normalized spacial score (nSPS) is 11.6. The Labute approximate surface area is 166 Å². The van der Waals surface area contributed by atoms with Crippen molar-refractivity contribution in [2.24, 2.45) is 0 Å². The fraction of sp³-hybridized carbons (Fsp3) is 0.286. The first kappa shape index (κ1) is 22.3. The minimum absolute atomic E-state index is 0.0461. The Balaban J connectivity index is 2.30. The van der Waals surface area contributed by atoms with Gasteiger partial charge in [-0.2, -0.15) is 26.8 Å². The summed E-state index contributed by atoms with van der Waals surface area (Å²) in [6.07, 6.45) is 1.05. The molecule has 2 heterocycles. The number of nitrogens with zero attached hydrogens (tertiary/aromatic N) is 3. The molecule has 0 saturated heterocycles. The van der Waals surface area contributed by atoms with Crippen LogP contribution in [0.15, 0.2) is 34.3 Å². The number of rotatable bonds is 8. The average molecular weight is 447 g/mol. The Morgan fingerprint density at radius 2 is 1.72 bits per heavy atom. The number of nitrogens with one attached hydrogen (secondary N) is 2. The molecule has 0 spiro atoms. The van der Waals surface area contributed by atoms with Crippen molar-refractivity contribution in [3.8, 4) is 11.8 Å². The molecule has 0 unspecified atom stereocenters. The molecule has 2 amide bonds. The van der Waals surface area contributed by atoms with Gasteiger partial charge in [-0.3, -0.25) is 9.50 Å². The summed E-state index contributed by atoms with van der Waals surface area (Å²) in [6, 6.07) is 2.26. The zero-order valence-electron chi connectivity index (χ0n) is 15.4. The third-order valence-corrected chi connectivity index (χ3v) is 5.91. The number of carbonyl (C=O) groups is 1. The first-order chi connectivity index (χ1) is 13.6. The van der Waals surface area contributed by atoms with Crippen LogP contribution in [0.25, 0.3) is 0 Å². The van der Waals surface area contributed by atoms with Crippen LogP contribution in [0.5, 0.6) is 11.8 Å². The molecule has 2 N–H and O–H groups in total. The number of aromatic nitrogens is 3.